The van der Waals surface area contributed by atoms with Crippen molar-refractivity contribution in [2.45, 2.75) is 46.6 Å². The van der Waals surface area contributed by atoms with Gasteiger partial charge < -0.3 is 9.80 Å². The van der Waals surface area contributed by atoms with Gasteiger partial charge in [0.25, 0.3) is 0 Å². The van der Waals surface area contributed by atoms with Gasteiger partial charge in [0.2, 0.25) is 11.8 Å². The molecule has 0 bridgehead atoms. The molecule has 5 nitrogen and oxygen atoms in total. The minimum atomic E-state index is -0.362. The number of nitrogens with zero attached hydrogens (tertiary/aromatic N) is 3. The van der Waals surface area contributed by atoms with Gasteiger partial charge in [0.15, 0.2) is 0 Å². The number of carbonyl (C=O) groups excluding carboxylic acids is 2. The number of hydrogen-bond acceptors (Lipinski definition) is 3. The van der Waals surface area contributed by atoms with Crippen molar-refractivity contribution in [1.82, 2.24) is 14.7 Å². The molecule has 23 heavy (non-hydrogen) atoms. The van der Waals surface area contributed by atoms with E-state index in [0.29, 0.717) is 24.4 Å². The van der Waals surface area contributed by atoms with E-state index in [9.17, 15) is 9.59 Å². The van der Waals surface area contributed by atoms with Crippen molar-refractivity contribution in [3.8, 4) is 0 Å². The van der Waals surface area contributed by atoms with Crippen LogP contribution in [0.4, 0.5) is 0 Å². The molecular weight excluding hydrogens is 290 g/mol. The third kappa shape index (κ3) is 2.77. The molecule has 2 amide bonds. The lowest BCUT2D eigenvalue weighted by Crippen LogP contribution is -2.49. The average Bonchev–Trinajstić information content (AvgIpc) is 3.19. The molecule has 2 atom stereocenters. The maximum Gasteiger partial charge on any atom is 0.232 e. The molecule has 0 spiro atoms. The molecular formula is C18H31N3O2. The van der Waals surface area contributed by atoms with Crippen molar-refractivity contribution >= 4 is 11.8 Å². The van der Waals surface area contributed by atoms with Gasteiger partial charge in [-0.3, -0.25) is 14.5 Å². The van der Waals surface area contributed by atoms with Crippen molar-refractivity contribution in [2.24, 2.45) is 17.3 Å². The zero-order valence-corrected chi connectivity index (χ0v) is 15.0. The maximum atomic E-state index is 13.3. The first-order valence-corrected chi connectivity index (χ1v) is 9.17. The number of likely N-dealkylation sites (tertiary alicyclic amines) is 3. The second-order valence-corrected chi connectivity index (χ2v) is 8.25. The van der Waals surface area contributed by atoms with Gasteiger partial charge in [0, 0.05) is 57.1 Å². The fourth-order valence-corrected chi connectivity index (χ4v) is 4.57. The molecule has 0 saturated carbocycles. The lowest BCUT2D eigenvalue weighted by atomic mass is 9.79. The smallest absolute Gasteiger partial charge is 0.232 e. The third-order valence-electron chi connectivity index (χ3n) is 5.99. The Morgan fingerprint density at radius 1 is 0.957 bits per heavy atom. The Morgan fingerprint density at radius 3 is 2.17 bits per heavy atom. The van der Waals surface area contributed by atoms with Crippen LogP contribution < -0.4 is 0 Å². The molecule has 5 heteroatoms. The summed E-state index contributed by atoms with van der Waals surface area (Å²) in [7, 11) is 0. The summed E-state index contributed by atoms with van der Waals surface area (Å²) >= 11 is 0. The Morgan fingerprint density at radius 2 is 1.61 bits per heavy atom. The summed E-state index contributed by atoms with van der Waals surface area (Å²) in [6.45, 7) is 13.2. The highest BCUT2D eigenvalue weighted by Crippen LogP contribution is 2.45. The fraction of sp³-hybridized carbons (Fsp3) is 0.889. The predicted molar refractivity (Wildman–Crippen MR) is 89.9 cm³/mol. The molecule has 0 aromatic heterocycles. The van der Waals surface area contributed by atoms with E-state index in [1.807, 2.05) is 18.7 Å². The topological polar surface area (TPSA) is 43.9 Å². The highest BCUT2D eigenvalue weighted by molar-refractivity contribution is 5.87. The van der Waals surface area contributed by atoms with Gasteiger partial charge in [0.05, 0.1) is 5.41 Å². The summed E-state index contributed by atoms with van der Waals surface area (Å²) in [5.41, 5.74) is -0.362. The summed E-state index contributed by atoms with van der Waals surface area (Å²) < 4.78 is 0. The molecule has 3 fully saturated rings. The number of carbonyl (C=O) groups is 2. The van der Waals surface area contributed by atoms with Crippen LogP contribution in [0.3, 0.4) is 0 Å². The highest BCUT2D eigenvalue weighted by atomic mass is 16.2. The number of rotatable bonds is 3. The largest absolute Gasteiger partial charge is 0.342 e. The van der Waals surface area contributed by atoms with Gasteiger partial charge in [-0.25, -0.2) is 0 Å². The Labute approximate surface area is 140 Å². The average molecular weight is 321 g/mol. The van der Waals surface area contributed by atoms with E-state index in [0.717, 1.165) is 45.6 Å². The standard InChI is InChI=1S/C18H31N3O2/c1-13(2)16(22)21-10-15-9-20(14(3)4)11-18(15,12-21)17(23)19-7-5-6-8-19/h13-15H,5-12H2,1-4H3/t15-,18-/m1/s1. The third-order valence-corrected chi connectivity index (χ3v) is 5.99. The van der Waals surface area contributed by atoms with E-state index in [4.69, 9.17) is 0 Å². The zero-order chi connectivity index (χ0) is 16.8. The van der Waals surface area contributed by atoms with Gasteiger partial charge in [-0.05, 0) is 26.7 Å². The van der Waals surface area contributed by atoms with Crippen LogP contribution in [0.15, 0.2) is 0 Å². The van der Waals surface area contributed by atoms with Crippen LogP contribution in [0, 0.1) is 17.3 Å². The quantitative estimate of drug-likeness (QED) is 0.790. The number of amides is 2. The van der Waals surface area contributed by atoms with Crippen LogP contribution in [0.5, 0.6) is 0 Å². The van der Waals surface area contributed by atoms with Gasteiger partial charge >= 0.3 is 0 Å². The second kappa shape index (κ2) is 6.08. The van der Waals surface area contributed by atoms with Gasteiger partial charge in [-0.1, -0.05) is 13.8 Å². The lowest BCUT2D eigenvalue weighted by Gasteiger charge is -2.33. The van der Waals surface area contributed by atoms with Gasteiger partial charge in [-0.15, -0.1) is 0 Å². The first-order chi connectivity index (χ1) is 10.8. The minimum absolute atomic E-state index is 0.00830. The Balaban J connectivity index is 1.84. The first kappa shape index (κ1) is 16.7. The van der Waals surface area contributed by atoms with Crippen molar-refractivity contribution in [3.63, 3.8) is 0 Å². The van der Waals surface area contributed by atoms with Crippen LogP contribution in [0.1, 0.15) is 40.5 Å². The summed E-state index contributed by atoms with van der Waals surface area (Å²) in [4.78, 5) is 32.2. The normalized spacial score (nSPS) is 31.5. The van der Waals surface area contributed by atoms with Crippen molar-refractivity contribution in [1.29, 1.82) is 0 Å². The number of fused-ring (bicyclic) bond motifs is 1. The molecule has 0 aromatic carbocycles. The van der Waals surface area contributed by atoms with E-state index in [2.05, 4.69) is 23.6 Å². The fourth-order valence-electron chi connectivity index (χ4n) is 4.57. The molecule has 3 aliphatic rings. The summed E-state index contributed by atoms with van der Waals surface area (Å²) in [5.74, 6) is 0.806. The zero-order valence-electron chi connectivity index (χ0n) is 15.0. The monoisotopic (exact) mass is 321 g/mol. The summed E-state index contributed by atoms with van der Waals surface area (Å²) in [6, 6.07) is 0.457. The molecule has 0 N–H and O–H groups in total. The predicted octanol–water partition coefficient (Wildman–Crippen LogP) is 1.43. The van der Waals surface area contributed by atoms with E-state index in [1.165, 1.54) is 0 Å². The minimum Gasteiger partial charge on any atom is -0.342 e. The number of hydrogen-bond donors (Lipinski definition) is 0. The Hall–Kier alpha value is -1.10. The van der Waals surface area contributed by atoms with Gasteiger partial charge in [-0.2, -0.15) is 0 Å². The van der Waals surface area contributed by atoms with Crippen molar-refractivity contribution < 1.29 is 9.59 Å². The van der Waals surface area contributed by atoms with E-state index < -0.39 is 0 Å². The Bertz CT molecular complexity index is 485. The first-order valence-electron chi connectivity index (χ1n) is 9.17. The second-order valence-electron chi connectivity index (χ2n) is 8.25. The highest BCUT2D eigenvalue weighted by Gasteiger charge is 2.59. The maximum absolute atomic E-state index is 13.3. The summed E-state index contributed by atoms with van der Waals surface area (Å²) in [5, 5.41) is 0. The van der Waals surface area contributed by atoms with E-state index >= 15 is 0 Å². The Kier molecular flexibility index (Phi) is 4.43. The SMILES string of the molecule is CC(C)C(=O)N1C[C@H]2CN(C(C)C)C[C@@]2(C(=O)N2CCCC2)C1. The van der Waals surface area contributed by atoms with Crippen LogP contribution in [-0.2, 0) is 9.59 Å². The van der Waals surface area contributed by atoms with Crippen LogP contribution in [-0.4, -0.2) is 71.8 Å². The molecule has 3 aliphatic heterocycles. The van der Waals surface area contributed by atoms with E-state index in [-0.39, 0.29) is 17.2 Å². The molecule has 0 unspecified atom stereocenters. The molecule has 3 saturated heterocycles. The van der Waals surface area contributed by atoms with Crippen LogP contribution >= 0.6 is 0 Å². The van der Waals surface area contributed by atoms with Crippen LogP contribution in [0.2, 0.25) is 0 Å². The van der Waals surface area contributed by atoms with Crippen molar-refractivity contribution in [3.05, 3.63) is 0 Å². The van der Waals surface area contributed by atoms with Gasteiger partial charge in [0.1, 0.15) is 0 Å². The summed E-state index contributed by atoms with van der Waals surface area (Å²) in [6.07, 6.45) is 2.24. The molecule has 0 aliphatic carbocycles. The molecule has 130 valence electrons. The molecule has 0 radical (unpaired) electrons. The molecule has 3 rings (SSSR count). The molecule has 0 aromatic rings. The molecule has 3 heterocycles. The van der Waals surface area contributed by atoms with Crippen LogP contribution in [0.25, 0.3) is 0 Å². The lowest BCUT2D eigenvalue weighted by molar-refractivity contribution is -0.142. The van der Waals surface area contributed by atoms with Crippen molar-refractivity contribution in [2.75, 3.05) is 39.3 Å². The van der Waals surface area contributed by atoms with E-state index in [1.54, 1.807) is 0 Å².